The summed E-state index contributed by atoms with van der Waals surface area (Å²) < 4.78 is 5.67. The molecule has 2 aliphatic heterocycles. The van der Waals surface area contributed by atoms with Gasteiger partial charge in [0.1, 0.15) is 5.75 Å². The molecular formula is C24H29N3O3. The molecule has 0 aromatic heterocycles. The summed E-state index contributed by atoms with van der Waals surface area (Å²) in [6.45, 7) is 4.56. The van der Waals surface area contributed by atoms with E-state index in [1.54, 1.807) is 0 Å². The van der Waals surface area contributed by atoms with E-state index in [1.807, 2.05) is 55.5 Å². The van der Waals surface area contributed by atoms with Crippen molar-refractivity contribution in [2.75, 3.05) is 26.2 Å². The van der Waals surface area contributed by atoms with Gasteiger partial charge in [0, 0.05) is 36.7 Å². The van der Waals surface area contributed by atoms with Crippen LogP contribution in [-0.2, 0) is 4.79 Å². The number of hydrogen-bond acceptors (Lipinski definition) is 4. The number of para-hydroxylation sites is 1. The van der Waals surface area contributed by atoms with Gasteiger partial charge in [0.25, 0.3) is 5.91 Å². The Morgan fingerprint density at radius 2 is 1.73 bits per heavy atom. The second-order valence-corrected chi connectivity index (χ2v) is 8.13. The first-order valence-corrected chi connectivity index (χ1v) is 10.7. The normalized spacial score (nSPS) is 19.4. The highest BCUT2D eigenvalue weighted by Crippen LogP contribution is 2.31. The third-order valence-electron chi connectivity index (χ3n) is 5.97. The molecule has 1 unspecified atom stereocenters. The van der Waals surface area contributed by atoms with Gasteiger partial charge in [-0.15, -0.1) is 0 Å². The molecule has 158 valence electrons. The van der Waals surface area contributed by atoms with Crippen LogP contribution in [0.2, 0.25) is 0 Å². The van der Waals surface area contributed by atoms with Gasteiger partial charge in [0.2, 0.25) is 5.91 Å². The zero-order valence-corrected chi connectivity index (χ0v) is 17.4. The predicted molar refractivity (Wildman–Crippen MR) is 116 cm³/mol. The highest BCUT2D eigenvalue weighted by Gasteiger charge is 2.26. The minimum absolute atomic E-state index is 0.00777. The van der Waals surface area contributed by atoms with E-state index in [9.17, 15) is 9.59 Å². The molecule has 1 saturated heterocycles. The van der Waals surface area contributed by atoms with Crippen molar-refractivity contribution in [1.82, 2.24) is 15.5 Å². The second kappa shape index (κ2) is 9.30. The number of nitrogens with one attached hydrogen (secondary N) is 2. The number of amides is 2. The van der Waals surface area contributed by atoms with Gasteiger partial charge in [0.05, 0.1) is 19.2 Å². The van der Waals surface area contributed by atoms with E-state index < -0.39 is 0 Å². The van der Waals surface area contributed by atoms with E-state index in [2.05, 4.69) is 15.5 Å². The highest BCUT2D eigenvalue weighted by atomic mass is 16.5. The summed E-state index contributed by atoms with van der Waals surface area (Å²) >= 11 is 0. The summed E-state index contributed by atoms with van der Waals surface area (Å²) in [6, 6.07) is 15.7. The molecule has 2 N–H and O–H groups in total. The topological polar surface area (TPSA) is 70.7 Å². The molecule has 0 radical (unpaired) electrons. The highest BCUT2D eigenvalue weighted by molar-refractivity contribution is 5.95. The van der Waals surface area contributed by atoms with Crippen molar-refractivity contribution < 1.29 is 14.3 Å². The minimum Gasteiger partial charge on any atom is -0.493 e. The first kappa shape index (κ1) is 20.4. The number of rotatable bonds is 5. The zero-order valence-electron chi connectivity index (χ0n) is 17.4. The molecular weight excluding hydrogens is 378 g/mol. The van der Waals surface area contributed by atoms with E-state index in [0.717, 1.165) is 54.8 Å². The van der Waals surface area contributed by atoms with Gasteiger partial charge in [0.15, 0.2) is 0 Å². The van der Waals surface area contributed by atoms with Crippen molar-refractivity contribution in [3.8, 4) is 5.75 Å². The molecule has 0 saturated carbocycles. The fourth-order valence-corrected chi connectivity index (χ4v) is 4.26. The lowest BCUT2D eigenvalue weighted by Gasteiger charge is -2.33. The first-order chi connectivity index (χ1) is 14.6. The fourth-order valence-electron chi connectivity index (χ4n) is 4.26. The molecule has 1 atom stereocenters. The quantitative estimate of drug-likeness (QED) is 0.800. The number of benzene rings is 2. The van der Waals surface area contributed by atoms with Gasteiger partial charge < -0.3 is 15.4 Å². The molecule has 6 heteroatoms. The molecule has 0 aliphatic carbocycles. The summed E-state index contributed by atoms with van der Waals surface area (Å²) in [4.78, 5) is 27.3. The minimum atomic E-state index is -0.0116. The van der Waals surface area contributed by atoms with Crippen LogP contribution in [0.25, 0.3) is 0 Å². The van der Waals surface area contributed by atoms with Gasteiger partial charge in [-0.2, -0.15) is 0 Å². The number of nitrogens with zero attached hydrogens (tertiary/aromatic N) is 1. The number of ether oxygens (including phenoxy) is 1. The smallest absolute Gasteiger partial charge is 0.251 e. The molecule has 2 amide bonds. The molecule has 0 bridgehead atoms. The van der Waals surface area contributed by atoms with E-state index in [1.165, 1.54) is 0 Å². The number of hydrogen-bond donors (Lipinski definition) is 2. The van der Waals surface area contributed by atoms with Crippen LogP contribution in [0.4, 0.5) is 0 Å². The van der Waals surface area contributed by atoms with Crippen LogP contribution in [0.5, 0.6) is 5.75 Å². The van der Waals surface area contributed by atoms with Crippen molar-refractivity contribution in [3.05, 3.63) is 65.2 Å². The van der Waals surface area contributed by atoms with E-state index in [0.29, 0.717) is 13.2 Å². The second-order valence-electron chi connectivity index (χ2n) is 8.13. The lowest BCUT2D eigenvalue weighted by atomic mass is 10.0. The molecule has 2 aromatic rings. The van der Waals surface area contributed by atoms with Gasteiger partial charge in [-0.1, -0.05) is 36.4 Å². The molecule has 2 aromatic carbocycles. The Bertz CT molecular complexity index is 906. The summed E-state index contributed by atoms with van der Waals surface area (Å²) in [5.41, 5.74) is 2.77. The van der Waals surface area contributed by atoms with Crippen LogP contribution >= 0.6 is 0 Å². The third kappa shape index (κ3) is 4.82. The van der Waals surface area contributed by atoms with E-state index >= 15 is 0 Å². The SMILES string of the molecule is Cc1ccccc1C(=O)NC1CCN(CC(=O)NC2CCOc3ccccc32)CC1. The Balaban J connectivity index is 1.24. The van der Waals surface area contributed by atoms with Crippen LogP contribution in [-0.4, -0.2) is 49.0 Å². The third-order valence-corrected chi connectivity index (χ3v) is 5.97. The number of likely N-dealkylation sites (tertiary alicyclic amines) is 1. The summed E-state index contributed by atoms with van der Waals surface area (Å²) in [5, 5.41) is 6.31. The Labute approximate surface area is 177 Å². The number of fused-ring (bicyclic) bond motifs is 1. The Kier molecular flexibility index (Phi) is 6.33. The molecule has 6 nitrogen and oxygen atoms in total. The maximum Gasteiger partial charge on any atom is 0.251 e. The van der Waals surface area contributed by atoms with Crippen molar-refractivity contribution in [2.45, 2.75) is 38.3 Å². The average Bonchev–Trinajstić information content (AvgIpc) is 2.75. The lowest BCUT2D eigenvalue weighted by Crippen LogP contribution is -2.48. The molecule has 30 heavy (non-hydrogen) atoms. The first-order valence-electron chi connectivity index (χ1n) is 10.7. The van der Waals surface area contributed by atoms with Crippen molar-refractivity contribution in [1.29, 1.82) is 0 Å². The number of carbonyl (C=O) groups excluding carboxylic acids is 2. The van der Waals surface area contributed by atoms with Crippen LogP contribution in [0, 0.1) is 6.92 Å². The fraction of sp³-hybridized carbons (Fsp3) is 0.417. The maximum absolute atomic E-state index is 12.6. The van der Waals surface area contributed by atoms with Gasteiger partial charge in [-0.3, -0.25) is 14.5 Å². The maximum atomic E-state index is 12.6. The molecule has 1 fully saturated rings. The standard InChI is InChI=1S/C24H29N3O3/c1-17-6-2-3-7-19(17)24(29)25-18-10-13-27(14-11-18)16-23(28)26-21-12-15-30-22-9-5-4-8-20(21)22/h2-9,18,21H,10-16H2,1H3,(H,25,29)(H,26,28). The van der Waals surface area contributed by atoms with Gasteiger partial charge in [-0.25, -0.2) is 0 Å². The largest absolute Gasteiger partial charge is 0.493 e. The van der Waals surface area contributed by atoms with Crippen LogP contribution in [0.1, 0.15) is 46.8 Å². The molecule has 4 rings (SSSR count). The van der Waals surface area contributed by atoms with Crippen molar-refractivity contribution >= 4 is 11.8 Å². The summed E-state index contributed by atoms with van der Waals surface area (Å²) in [6.07, 6.45) is 2.49. The summed E-state index contributed by atoms with van der Waals surface area (Å²) in [7, 11) is 0. The average molecular weight is 408 g/mol. The van der Waals surface area contributed by atoms with Crippen LogP contribution in [0.3, 0.4) is 0 Å². The molecule has 0 spiro atoms. The van der Waals surface area contributed by atoms with Crippen LogP contribution < -0.4 is 15.4 Å². The summed E-state index contributed by atoms with van der Waals surface area (Å²) in [5.74, 6) is 0.890. The zero-order chi connectivity index (χ0) is 20.9. The molecule has 2 aliphatic rings. The van der Waals surface area contributed by atoms with Gasteiger partial charge >= 0.3 is 0 Å². The van der Waals surface area contributed by atoms with Gasteiger partial charge in [-0.05, 0) is 37.5 Å². The van der Waals surface area contributed by atoms with Crippen molar-refractivity contribution in [2.24, 2.45) is 0 Å². The monoisotopic (exact) mass is 407 g/mol. The predicted octanol–water partition coefficient (Wildman–Crippen LogP) is 2.83. The van der Waals surface area contributed by atoms with E-state index in [4.69, 9.17) is 4.74 Å². The van der Waals surface area contributed by atoms with Crippen LogP contribution in [0.15, 0.2) is 48.5 Å². The number of aryl methyl sites for hydroxylation is 1. The van der Waals surface area contributed by atoms with Crippen molar-refractivity contribution in [3.63, 3.8) is 0 Å². The number of piperidine rings is 1. The lowest BCUT2D eigenvalue weighted by molar-refractivity contribution is -0.123. The molecule has 2 heterocycles. The van der Waals surface area contributed by atoms with E-state index in [-0.39, 0.29) is 23.9 Å². The Morgan fingerprint density at radius 1 is 1.00 bits per heavy atom. The number of carbonyl (C=O) groups is 2. The Hall–Kier alpha value is -2.86. The Morgan fingerprint density at radius 3 is 2.53 bits per heavy atom.